The maximum atomic E-state index is 12.7. The van der Waals surface area contributed by atoms with E-state index in [0.717, 1.165) is 11.3 Å². The summed E-state index contributed by atoms with van der Waals surface area (Å²) in [4.78, 5) is 0.203. The molecule has 0 aliphatic carbocycles. The molecular formula is C15H14ClNO3S. The Morgan fingerprint density at radius 2 is 1.90 bits per heavy atom. The molecule has 0 unspecified atom stereocenters. The van der Waals surface area contributed by atoms with Gasteiger partial charge >= 0.3 is 0 Å². The number of benzene rings is 2. The van der Waals surface area contributed by atoms with Crippen LogP contribution in [0.25, 0.3) is 0 Å². The van der Waals surface area contributed by atoms with Crippen molar-refractivity contribution in [1.82, 2.24) is 4.31 Å². The summed E-state index contributed by atoms with van der Waals surface area (Å²) in [6, 6.07) is 13.8. The first kappa shape index (κ1) is 14.4. The molecule has 1 heterocycles. The molecular weight excluding hydrogens is 310 g/mol. The Morgan fingerprint density at radius 3 is 2.71 bits per heavy atom. The van der Waals surface area contributed by atoms with E-state index < -0.39 is 10.0 Å². The second-order valence-electron chi connectivity index (χ2n) is 4.75. The minimum Gasteiger partial charge on any atom is -0.492 e. The molecule has 2 aromatic rings. The fraction of sp³-hybridized carbons (Fsp3) is 0.200. The Labute approximate surface area is 129 Å². The zero-order chi connectivity index (χ0) is 14.9. The van der Waals surface area contributed by atoms with Gasteiger partial charge in [-0.3, -0.25) is 0 Å². The highest BCUT2D eigenvalue weighted by atomic mass is 35.5. The van der Waals surface area contributed by atoms with Gasteiger partial charge in [0.2, 0.25) is 10.0 Å². The molecule has 0 N–H and O–H groups in total. The minimum atomic E-state index is -3.58. The molecule has 21 heavy (non-hydrogen) atoms. The number of rotatable bonds is 2. The highest BCUT2D eigenvalue weighted by Crippen LogP contribution is 2.27. The van der Waals surface area contributed by atoms with E-state index in [1.165, 1.54) is 10.4 Å². The van der Waals surface area contributed by atoms with Gasteiger partial charge < -0.3 is 4.74 Å². The summed E-state index contributed by atoms with van der Waals surface area (Å²) in [5.74, 6) is 0.737. The molecule has 1 aliphatic rings. The van der Waals surface area contributed by atoms with Crippen LogP contribution in [0.4, 0.5) is 0 Å². The fourth-order valence-electron chi connectivity index (χ4n) is 2.28. The predicted molar refractivity (Wildman–Crippen MR) is 81.0 cm³/mol. The molecule has 6 heteroatoms. The average molecular weight is 324 g/mol. The Bertz CT molecular complexity index is 761. The lowest BCUT2D eigenvalue weighted by Crippen LogP contribution is -2.32. The summed E-state index contributed by atoms with van der Waals surface area (Å²) in [5, 5.41) is 0.405. The van der Waals surface area contributed by atoms with E-state index in [9.17, 15) is 8.42 Å². The Morgan fingerprint density at radius 1 is 1.10 bits per heavy atom. The van der Waals surface area contributed by atoms with Crippen molar-refractivity contribution in [2.24, 2.45) is 0 Å². The smallest absolute Gasteiger partial charge is 0.243 e. The lowest BCUT2D eigenvalue weighted by atomic mass is 10.2. The zero-order valence-electron chi connectivity index (χ0n) is 11.2. The highest BCUT2D eigenvalue weighted by molar-refractivity contribution is 7.89. The first-order valence-corrected chi connectivity index (χ1v) is 8.35. The monoisotopic (exact) mass is 323 g/mol. The SMILES string of the molecule is O=S(=O)(c1cccc(Cl)c1)N1CCOc2ccccc2C1. The van der Waals surface area contributed by atoms with E-state index in [1.54, 1.807) is 18.2 Å². The van der Waals surface area contributed by atoms with E-state index in [-0.39, 0.29) is 4.90 Å². The summed E-state index contributed by atoms with van der Waals surface area (Å²) in [7, 11) is -3.58. The second-order valence-corrected chi connectivity index (χ2v) is 7.13. The van der Waals surface area contributed by atoms with Gasteiger partial charge in [0.1, 0.15) is 12.4 Å². The summed E-state index contributed by atoms with van der Waals surface area (Å²) >= 11 is 5.90. The molecule has 2 aromatic carbocycles. The molecule has 0 saturated carbocycles. The third-order valence-corrected chi connectivity index (χ3v) is 5.43. The summed E-state index contributed by atoms with van der Waals surface area (Å²) in [6.07, 6.45) is 0. The van der Waals surface area contributed by atoms with Crippen LogP contribution in [0.5, 0.6) is 5.75 Å². The van der Waals surface area contributed by atoms with Gasteiger partial charge in [-0.15, -0.1) is 0 Å². The van der Waals surface area contributed by atoms with Crippen molar-refractivity contribution in [3.63, 3.8) is 0 Å². The maximum Gasteiger partial charge on any atom is 0.243 e. The lowest BCUT2D eigenvalue weighted by Gasteiger charge is -2.19. The molecule has 0 fully saturated rings. The Hall–Kier alpha value is -1.56. The molecule has 0 bridgehead atoms. The first-order valence-electron chi connectivity index (χ1n) is 6.54. The Balaban J connectivity index is 1.96. The molecule has 0 amide bonds. The molecule has 0 atom stereocenters. The standard InChI is InChI=1S/C15H14ClNO3S/c16-13-5-3-6-14(10-13)21(18,19)17-8-9-20-15-7-2-1-4-12(15)11-17/h1-7,10H,8-9,11H2. The third kappa shape index (κ3) is 2.90. The van der Waals surface area contributed by atoms with Crippen LogP contribution in [-0.2, 0) is 16.6 Å². The maximum absolute atomic E-state index is 12.7. The van der Waals surface area contributed by atoms with Gasteiger partial charge in [-0.25, -0.2) is 8.42 Å². The molecule has 0 aromatic heterocycles. The zero-order valence-corrected chi connectivity index (χ0v) is 12.8. The van der Waals surface area contributed by atoms with Crippen LogP contribution in [0.3, 0.4) is 0 Å². The van der Waals surface area contributed by atoms with E-state index in [4.69, 9.17) is 16.3 Å². The van der Waals surface area contributed by atoms with Gasteiger partial charge in [0.25, 0.3) is 0 Å². The van der Waals surface area contributed by atoms with Crippen LogP contribution in [0.15, 0.2) is 53.4 Å². The lowest BCUT2D eigenvalue weighted by molar-refractivity contribution is 0.293. The summed E-state index contributed by atoms with van der Waals surface area (Å²) < 4.78 is 32.4. The average Bonchev–Trinajstić information content (AvgIpc) is 2.70. The summed E-state index contributed by atoms with van der Waals surface area (Å²) in [5.41, 5.74) is 0.862. The van der Waals surface area contributed by atoms with Gasteiger partial charge in [-0.2, -0.15) is 4.31 Å². The number of nitrogens with zero attached hydrogens (tertiary/aromatic N) is 1. The normalized spacial score (nSPS) is 15.9. The van der Waals surface area contributed by atoms with Crippen LogP contribution in [-0.4, -0.2) is 25.9 Å². The van der Waals surface area contributed by atoms with Crippen LogP contribution in [0.1, 0.15) is 5.56 Å². The number of hydrogen-bond acceptors (Lipinski definition) is 3. The fourth-order valence-corrected chi connectivity index (χ4v) is 3.99. The van der Waals surface area contributed by atoms with E-state index in [1.807, 2.05) is 24.3 Å². The molecule has 0 spiro atoms. The third-order valence-electron chi connectivity index (χ3n) is 3.35. The van der Waals surface area contributed by atoms with Gasteiger partial charge in [-0.05, 0) is 24.3 Å². The Kier molecular flexibility index (Phi) is 3.89. The molecule has 0 saturated heterocycles. The van der Waals surface area contributed by atoms with E-state index >= 15 is 0 Å². The minimum absolute atomic E-state index is 0.203. The molecule has 3 rings (SSSR count). The van der Waals surface area contributed by atoms with Gasteiger partial charge in [-0.1, -0.05) is 35.9 Å². The topological polar surface area (TPSA) is 46.6 Å². The molecule has 110 valence electrons. The largest absolute Gasteiger partial charge is 0.492 e. The summed E-state index contributed by atoms with van der Waals surface area (Å²) in [6.45, 7) is 0.936. The molecule has 0 radical (unpaired) electrons. The van der Waals surface area contributed by atoms with Crippen molar-refractivity contribution < 1.29 is 13.2 Å². The number of fused-ring (bicyclic) bond motifs is 1. The molecule has 4 nitrogen and oxygen atoms in total. The number of sulfonamides is 1. The van der Waals surface area contributed by atoms with E-state index in [2.05, 4.69) is 0 Å². The van der Waals surface area contributed by atoms with Gasteiger partial charge in [0.05, 0.1) is 4.90 Å². The van der Waals surface area contributed by atoms with Crippen LogP contribution in [0, 0.1) is 0 Å². The quantitative estimate of drug-likeness (QED) is 0.853. The van der Waals surface area contributed by atoms with Gasteiger partial charge in [0, 0.05) is 23.7 Å². The number of halogens is 1. The number of hydrogen-bond donors (Lipinski definition) is 0. The van der Waals surface area contributed by atoms with Crippen molar-refractivity contribution in [3.05, 3.63) is 59.1 Å². The van der Waals surface area contributed by atoms with Crippen LogP contribution < -0.4 is 4.74 Å². The van der Waals surface area contributed by atoms with Crippen molar-refractivity contribution in [2.75, 3.05) is 13.2 Å². The number of ether oxygens (including phenoxy) is 1. The van der Waals surface area contributed by atoms with Crippen molar-refractivity contribution in [3.8, 4) is 5.75 Å². The highest BCUT2D eigenvalue weighted by Gasteiger charge is 2.27. The van der Waals surface area contributed by atoms with Crippen molar-refractivity contribution in [1.29, 1.82) is 0 Å². The second kappa shape index (κ2) is 5.67. The van der Waals surface area contributed by atoms with Crippen molar-refractivity contribution >= 4 is 21.6 Å². The van der Waals surface area contributed by atoms with E-state index in [0.29, 0.717) is 24.7 Å². The van der Waals surface area contributed by atoms with Gasteiger partial charge in [0.15, 0.2) is 0 Å². The van der Waals surface area contributed by atoms with Crippen molar-refractivity contribution in [2.45, 2.75) is 11.4 Å². The van der Waals surface area contributed by atoms with Crippen LogP contribution >= 0.6 is 11.6 Å². The predicted octanol–water partition coefficient (Wildman–Crippen LogP) is 2.92. The molecule has 1 aliphatic heterocycles. The van der Waals surface area contributed by atoms with Crippen LogP contribution in [0.2, 0.25) is 5.02 Å². The number of para-hydroxylation sites is 1. The first-order chi connectivity index (χ1) is 10.1.